The van der Waals surface area contributed by atoms with Crippen LogP contribution >= 0.6 is 0 Å². The van der Waals surface area contributed by atoms with Crippen LogP contribution in [0.15, 0.2) is 156 Å². The second-order valence-corrected chi connectivity index (χ2v) is 10.9. The SMILES string of the molecule is c1ccc(N(c2ccc3ccc4c5ccccc5ccc4c3c2)c2cccc3oc4c5ccccc5ccc4c23)cc1. The molecule has 0 amide bonds. The van der Waals surface area contributed by atoms with Gasteiger partial charge in [0.1, 0.15) is 11.2 Å². The summed E-state index contributed by atoms with van der Waals surface area (Å²) in [7, 11) is 0. The van der Waals surface area contributed by atoms with E-state index in [-0.39, 0.29) is 0 Å². The minimum Gasteiger partial charge on any atom is -0.455 e. The minimum absolute atomic E-state index is 0.887. The molecule has 0 atom stereocenters. The van der Waals surface area contributed by atoms with Gasteiger partial charge in [0.15, 0.2) is 0 Å². The zero-order chi connectivity index (χ0) is 27.6. The van der Waals surface area contributed by atoms with Gasteiger partial charge < -0.3 is 9.32 Å². The standard InChI is InChI=1S/C40H25NO/c1-2-11-29(12-3-1)41(37-15-8-16-38-39(37)35-24-20-27-10-5-7-14-32(27)40(35)42-38)30-21-17-28-19-22-33-31-13-6-4-9-26(31)18-23-34(33)36(28)25-30/h1-25H. The molecule has 8 aromatic carbocycles. The molecule has 0 saturated carbocycles. The zero-order valence-corrected chi connectivity index (χ0v) is 22.8. The average Bonchev–Trinajstić information content (AvgIpc) is 3.45. The first kappa shape index (κ1) is 23.1. The van der Waals surface area contributed by atoms with Gasteiger partial charge in [0.25, 0.3) is 0 Å². The van der Waals surface area contributed by atoms with Crippen molar-refractivity contribution in [1.29, 1.82) is 0 Å². The summed E-state index contributed by atoms with van der Waals surface area (Å²) in [5.74, 6) is 0. The van der Waals surface area contributed by atoms with Gasteiger partial charge in [0.2, 0.25) is 0 Å². The van der Waals surface area contributed by atoms with Gasteiger partial charge in [0.05, 0.1) is 11.1 Å². The highest BCUT2D eigenvalue weighted by molar-refractivity contribution is 6.21. The van der Waals surface area contributed by atoms with Crippen LogP contribution in [0.5, 0.6) is 0 Å². The largest absolute Gasteiger partial charge is 0.455 e. The fraction of sp³-hybridized carbons (Fsp3) is 0. The molecular formula is C40H25NO. The van der Waals surface area contributed by atoms with Crippen molar-refractivity contribution >= 4 is 82.1 Å². The molecule has 0 radical (unpaired) electrons. The molecule has 0 spiro atoms. The van der Waals surface area contributed by atoms with Crippen LogP contribution in [0.1, 0.15) is 0 Å². The molecule has 0 bridgehead atoms. The topological polar surface area (TPSA) is 16.4 Å². The first-order chi connectivity index (χ1) is 20.8. The van der Waals surface area contributed by atoms with Crippen molar-refractivity contribution in [3.8, 4) is 0 Å². The minimum atomic E-state index is 0.887. The fourth-order valence-electron chi connectivity index (χ4n) is 6.67. The van der Waals surface area contributed by atoms with Gasteiger partial charge in [-0.3, -0.25) is 0 Å². The van der Waals surface area contributed by atoms with E-state index in [0.717, 1.165) is 44.4 Å². The highest BCUT2D eigenvalue weighted by atomic mass is 16.3. The number of hydrogen-bond donors (Lipinski definition) is 0. The van der Waals surface area contributed by atoms with E-state index in [1.54, 1.807) is 0 Å². The summed E-state index contributed by atoms with van der Waals surface area (Å²) < 4.78 is 6.57. The lowest BCUT2D eigenvalue weighted by Gasteiger charge is -2.26. The van der Waals surface area contributed by atoms with Crippen LogP contribution < -0.4 is 4.90 Å². The van der Waals surface area contributed by atoms with Gasteiger partial charge >= 0.3 is 0 Å². The lowest BCUT2D eigenvalue weighted by Crippen LogP contribution is -2.10. The van der Waals surface area contributed by atoms with Crippen LogP contribution in [0, 0.1) is 0 Å². The summed E-state index contributed by atoms with van der Waals surface area (Å²) in [6, 6.07) is 54.3. The predicted octanol–water partition coefficient (Wildman–Crippen LogP) is 11.7. The molecule has 1 heterocycles. The van der Waals surface area contributed by atoms with Gasteiger partial charge in [-0.05, 0) is 80.2 Å². The first-order valence-electron chi connectivity index (χ1n) is 14.4. The summed E-state index contributed by atoms with van der Waals surface area (Å²) in [4.78, 5) is 2.37. The molecule has 0 aliphatic carbocycles. The molecule has 9 rings (SSSR count). The Morgan fingerprint density at radius 3 is 1.81 bits per heavy atom. The lowest BCUT2D eigenvalue weighted by molar-refractivity contribution is 0.672. The Kier molecular flexibility index (Phi) is 4.93. The summed E-state index contributed by atoms with van der Waals surface area (Å²) in [5.41, 5.74) is 5.12. The van der Waals surface area contributed by atoms with E-state index in [1.807, 2.05) is 0 Å². The predicted molar refractivity (Wildman–Crippen MR) is 178 cm³/mol. The second kappa shape index (κ2) is 8.95. The van der Waals surface area contributed by atoms with Gasteiger partial charge in [-0.25, -0.2) is 0 Å². The number of nitrogens with zero attached hydrogens (tertiary/aromatic N) is 1. The first-order valence-corrected chi connectivity index (χ1v) is 14.4. The van der Waals surface area contributed by atoms with E-state index < -0.39 is 0 Å². The van der Waals surface area contributed by atoms with Crippen LogP contribution in [-0.2, 0) is 0 Å². The molecule has 9 aromatic rings. The molecule has 0 aliphatic rings. The van der Waals surface area contributed by atoms with Crippen LogP contribution in [0.3, 0.4) is 0 Å². The Labute approximate surface area is 242 Å². The number of fused-ring (bicyclic) bond motifs is 10. The molecule has 1 aromatic heterocycles. The van der Waals surface area contributed by atoms with E-state index in [2.05, 4.69) is 157 Å². The number of anilines is 3. The number of para-hydroxylation sites is 1. The number of hydrogen-bond acceptors (Lipinski definition) is 2. The third-order valence-corrected chi connectivity index (χ3v) is 8.61. The maximum atomic E-state index is 6.57. The van der Waals surface area contributed by atoms with Crippen molar-refractivity contribution in [2.45, 2.75) is 0 Å². The van der Waals surface area contributed by atoms with E-state index >= 15 is 0 Å². The van der Waals surface area contributed by atoms with E-state index in [4.69, 9.17) is 4.42 Å². The van der Waals surface area contributed by atoms with Crippen molar-refractivity contribution in [2.75, 3.05) is 4.90 Å². The molecular weight excluding hydrogens is 510 g/mol. The van der Waals surface area contributed by atoms with Crippen LogP contribution in [0.4, 0.5) is 17.1 Å². The number of rotatable bonds is 3. The third-order valence-electron chi connectivity index (χ3n) is 8.61. The van der Waals surface area contributed by atoms with E-state index in [1.165, 1.54) is 37.7 Å². The molecule has 2 heteroatoms. The smallest absolute Gasteiger partial charge is 0.143 e. The molecule has 0 aliphatic heterocycles. The molecule has 0 fully saturated rings. The normalized spacial score (nSPS) is 11.8. The molecule has 2 nitrogen and oxygen atoms in total. The van der Waals surface area contributed by atoms with Crippen LogP contribution in [-0.4, -0.2) is 0 Å². The summed E-state index contributed by atoms with van der Waals surface area (Å²) >= 11 is 0. The maximum Gasteiger partial charge on any atom is 0.143 e. The van der Waals surface area contributed by atoms with Crippen LogP contribution in [0.25, 0.3) is 65.0 Å². The van der Waals surface area contributed by atoms with E-state index in [9.17, 15) is 0 Å². The number of benzene rings is 8. The Morgan fingerprint density at radius 1 is 0.381 bits per heavy atom. The van der Waals surface area contributed by atoms with E-state index in [0.29, 0.717) is 0 Å². The Morgan fingerprint density at radius 2 is 1.00 bits per heavy atom. The Bertz CT molecular complexity index is 2470. The van der Waals surface area contributed by atoms with Crippen molar-refractivity contribution in [2.24, 2.45) is 0 Å². The highest BCUT2D eigenvalue weighted by Gasteiger charge is 2.20. The summed E-state index contributed by atoms with van der Waals surface area (Å²) in [5, 5.41) is 12.1. The van der Waals surface area contributed by atoms with Crippen molar-refractivity contribution in [3.05, 3.63) is 152 Å². The lowest BCUT2D eigenvalue weighted by atomic mass is 9.96. The van der Waals surface area contributed by atoms with Crippen molar-refractivity contribution < 1.29 is 4.42 Å². The zero-order valence-electron chi connectivity index (χ0n) is 22.8. The highest BCUT2D eigenvalue weighted by Crippen LogP contribution is 2.45. The molecule has 0 unspecified atom stereocenters. The summed E-state index contributed by atoms with van der Waals surface area (Å²) in [6.07, 6.45) is 0. The van der Waals surface area contributed by atoms with Crippen molar-refractivity contribution in [3.63, 3.8) is 0 Å². The van der Waals surface area contributed by atoms with Crippen LogP contribution in [0.2, 0.25) is 0 Å². The quantitative estimate of drug-likeness (QED) is 0.209. The Balaban J connectivity index is 1.35. The third kappa shape index (κ3) is 3.39. The van der Waals surface area contributed by atoms with Crippen molar-refractivity contribution in [1.82, 2.24) is 0 Å². The van der Waals surface area contributed by atoms with Gasteiger partial charge in [-0.2, -0.15) is 0 Å². The molecule has 196 valence electrons. The second-order valence-electron chi connectivity index (χ2n) is 10.9. The van der Waals surface area contributed by atoms with Gasteiger partial charge in [-0.1, -0.05) is 109 Å². The maximum absolute atomic E-state index is 6.57. The summed E-state index contributed by atoms with van der Waals surface area (Å²) in [6.45, 7) is 0. The van der Waals surface area contributed by atoms with Gasteiger partial charge in [0, 0.05) is 22.1 Å². The molecule has 0 saturated heterocycles. The molecule has 42 heavy (non-hydrogen) atoms. The monoisotopic (exact) mass is 535 g/mol. The number of furan rings is 1. The van der Waals surface area contributed by atoms with Gasteiger partial charge in [-0.15, -0.1) is 0 Å². The molecule has 0 N–H and O–H groups in total. The fourth-order valence-corrected chi connectivity index (χ4v) is 6.67. The Hall–Kier alpha value is -5.60. The average molecular weight is 536 g/mol.